The van der Waals surface area contributed by atoms with Crippen LogP contribution in [-0.4, -0.2) is 40.8 Å². The second-order valence-corrected chi connectivity index (χ2v) is 9.52. The molecule has 2 atom stereocenters. The topological polar surface area (TPSA) is 34.5 Å². The van der Waals surface area contributed by atoms with Gasteiger partial charge >= 0.3 is 6.09 Å². The van der Waals surface area contributed by atoms with Gasteiger partial charge in [0, 0.05) is 28.6 Å². The predicted molar refractivity (Wildman–Crippen MR) is 114 cm³/mol. The lowest BCUT2D eigenvalue weighted by Gasteiger charge is -2.31. The zero-order chi connectivity index (χ0) is 19.9. The highest BCUT2D eigenvalue weighted by atomic mass is 79.9. The van der Waals surface area contributed by atoms with E-state index >= 15 is 0 Å². The van der Waals surface area contributed by atoms with Crippen LogP contribution in [0.5, 0.6) is 0 Å². The van der Waals surface area contributed by atoms with Crippen molar-refractivity contribution in [2.75, 3.05) is 13.6 Å². The number of fused-ring (bicyclic) bond motifs is 1. The Morgan fingerprint density at radius 2 is 2.00 bits per heavy atom. The molecule has 0 saturated carbocycles. The summed E-state index contributed by atoms with van der Waals surface area (Å²) < 4.78 is 8.33. The number of hydrogen-bond acceptors (Lipinski definition) is 3. The lowest BCUT2D eigenvalue weighted by Crippen LogP contribution is -2.37. The maximum absolute atomic E-state index is 12.9. The van der Waals surface area contributed by atoms with Gasteiger partial charge < -0.3 is 4.74 Å². The van der Waals surface area contributed by atoms with Gasteiger partial charge in [-0.1, -0.05) is 41.1 Å². The van der Waals surface area contributed by atoms with E-state index in [2.05, 4.69) is 53.0 Å². The highest BCUT2D eigenvalue weighted by molar-refractivity contribution is 9.10. The molecule has 27 heavy (non-hydrogen) atoms. The van der Waals surface area contributed by atoms with E-state index in [-0.39, 0.29) is 6.09 Å². The van der Waals surface area contributed by atoms with Crippen molar-refractivity contribution in [3.63, 3.8) is 0 Å². The third-order valence-electron chi connectivity index (χ3n) is 5.00. The number of benzene rings is 1. The highest BCUT2D eigenvalue weighted by Gasteiger charge is 2.25. The van der Waals surface area contributed by atoms with Crippen molar-refractivity contribution in [2.24, 2.45) is 5.92 Å². The van der Waals surface area contributed by atoms with Crippen LogP contribution < -0.4 is 0 Å². The predicted octanol–water partition coefficient (Wildman–Crippen LogP) is 5.54. The molecule has 4 nitrogen and oxygen atoms in total. The standard InChI is InChI=1S/C22H29BrN2O2/c1-14-7-9-17(24(6)12-14)11-16-13-25(21(26)27-22(3,4)5)20-15(2)8-10-18(23)19(16)20/h7-10,13-14,17H,11-12H2,1-6H3/t14-,17+/m1/s1. The number of halogens is 1. The van der Waals surface area contributed by atoms with E-state index in [9.17, 15) is 4.79 Å². The summed E-state index contributed by atoms with van der Waals surface area (Å²) in [7, 11) is 2.16. The maximum atomic E-state index is 12.9. The van der Waals surface area contributed by atoms with E-state index in [1.807, 2.05) is 40.0 Å². The Labute approximate surface area is 170 Å². The molecular weight excluding hydrogens is 404 g/mol. The summed E-state index contributed by atoms with van der Waals surface area (Å²) in [6.07, 6.45) is 7.05. The number of hydrogen-bond donors (Lipinski definition) is 0. The van der Waals surface area contributed by atoms with Gasteiger partial charge in [0.15, 0.2) is 0 Å². The summed E-state index contributed by atoms with van der Waals surface area (Å²) in [6.45, 7) is 11.0. The molecule has 0 spiro atoms. The van der Waals surface area contributed by atoms with Crippen molar-refractivity contribution in [1.29, 1.82) is 0 Å². The maximum Gasteiger partial charge on any atom is 0.419 e. The van der Waals surface area contributed by atoms with Gasteiger partial charge in [-0.15, -0.1) is 0 Å². The van der Waals surface area contributed by atoms with Crippen molar-refractivity contribution >= 4 is 32.9 Å². The SMILES string of the molecule is Cc1ccc(Br)c2c(C[C@@H]3C=C[C@@H](C)CN3C)cn(C(=O)OC(C)(C)C)c12. The van der Waals surface area contributed by atoms with Crippen molar-refractivity contribution < 1.29 is 9.53 Å². The average molecular weight is 433 g/mol. The minimum Gasteiger partial charge on any atom is -0.443 e. The molecule has 1 aliphatic rings. The first-order valence-corrected chi connectivity index (χ1v) is 10.3. The van der Waals surface area contributed by atoms with E-state index < -0.39 is 5.60 Å². The number of aromatic nitrogens is 1. The summed E-state index contributed by atoms with van der Waals surface area (Å²) in [6, 6.07) is 4.42. The molecule has 0 bridgehead atoms. The van der Waals surface area contributed by atoms with Gasteiger partial charge in [0.1, 0.15) is 5.60 Å². The Bertz CT molecular complexity index is 892. The monoisotopic (exact) mass is 432 g/mol. The fourth-order valence-corrected chi connectivity index (χ4v) is 4.32. The van der Waals surface area contributed by atoms with E-state index in [1.54, 1.807) is 4.57 Å². The van der Waals surface area contributed by atoms with Gasteiger partial charge in [-0.2, -0.15) is 0 Å². The first-order chi connectivity index (χ1) is 12.6. The van der Waals surface area contributed by atoms with Gasteiger partial charge in [0.2, 0.25) is 0 Å². The zero-order valence-electron chi connectivity index (χ0n) is 17.0. The summed E-state index contributed by atoms with van der Waals surface area (Å²) in [5.41, 5.74) is 2.61. The fraction of sp³-hybridized carbons (Fsp3) is 0.500. The fourth-order valence-electron chi connectivity index (χ4n) is 3.75. The largest absolute Gasteiger partial charge is 0.443 e. The van der Waals surface area contributed by atoms with E-state index in [0.29, 0.717) is 12.0 Å². The summed E-state index contributed by atoms with van der Waals surface area (Å²) in [5, 5.41) is 1.10. The molecule has 2 aromatic rings. The van der Waals surface area contributed by atoms with Crippen LogP contribution in [0.25, 0.3) is 10.9 Å². The lowest BCUT2D eigenvalue weighted by atomic mass is 9.97. The van der Waals surface area contributed by atoms with E-state index in [4.69, 9.17) is 4.74 Å². The molecule has 1 aromatic carbocycles. The second kappa shape index (κ2) is 7.44. The lowest BCUT2D eigenvalue weighted by molar-refractivity contribution is 0.0544. The molecule has 0 unspecified atom stereocenters. The van der Waals surface area contributed by atoms with Gasteiger partial charge in [-0.25, -0.2) is 4.79 Å². The molecule has 0 radical (unpaired) electrons. The third-order valence-corrected chi connectivity index (χ3v) is 5.66. The van der Waals surface area contributed by atoms with Crippen LogP contribution in [0.15, 0.2) is 35.0 Å². The molecule has 0 fully saturated rings. The van der Waals surface area contributed by atoms with Crippen LogP contribution in [-0.2, 0) is 11.2 Å². The van der Waals surface area contributed by atoms with Crippen molar-refractivity contribution in [1.82, 2.24) is 9.47 Å². The smallest absolute Gasteiger partial charge is 0.419 e. The third kappa shape index (κ3) is 4.30. The first-order valence-electron chi connectivity index (χ1n) is 9.48. The average Bonchev–Trinajstić information content (AvgIpc) is 2.93. The normalized spacial score (nSPS) is 21.0. The van der Waals surface area contributed by atoms with Gasteiger partial charge in [0.25, 0.3) is 0 Å². The Hall–Kier alpha value is -1.59. The van der Waals surface area contributed by atoms with E-state index in [0.717, 1.165) is 39.5 Å². The molecule has 2 heterocycles. The van der Waals surface area contributed by atoms with Crippen LogP contribution in [0.1, 0.15) is 38.8 Å². The molecule has 0 aliphatic carbocycles. The molecule has 146 valence electrons. The highest BCUT2D eigenvalue weighted by Crippen LogP contribution is 2.33. The molecule has 1 aromatic heterocycles. The second-order valence-electron chi connectivity index (χ2n) is 8.67. The number of aryl methyl sites for hydroxylation is 1. The molecule has 1 aliphatic heterocycles. The number of ether oxygens (including phenoxy) is 1. The molecule has 0 amide bonds. The van der Waals surface area contributed by atoms with Crippen molar-refractivity contribution in [3.05, 3.63) is 46.1 Å². The van der Waals surface area contributed by atoms with Crippen molar-refractivity contribution in [2.45, 2.75) is 52.7 Å². The first kappa shape index (κ1) is 20.2. The van der Waals surface area contributed by atoms with Crippen LogP contribution in [0.2, 0.25) is 0 Å². The number of rotatable bonds is 2. The zero-order valence-corrected chi connectivity index (χ0v) is 18.6. The summed E-state index contributed by atoms with van der Waals surface area (Å²) in [5.74, 6) is 0.573. The molecular formula is C22H29BrN2O2. The summed E-state index contributed by atoms with van der Waals surface area (Å²) >= 11 is 3.70. The Morgan fingerprint density at radius 1 is 1.30 bits per heavy atom. The van der Waals surface area contributed by atoms with Gasteiger partial charge in [-0.3, -0.25) is 9.47 Å². The van der Waals surface area contributed by atoms with Crippen LogP contribution >= 0.6 is 15.9 Å². The molecule has 0 saturated heterocycles. The van der Waals surface area contributed by atoms with Crippen LogP contribution in [0.3, 0.4) is 0 Å². The van der Waals surface area contributed by atoms with Crippen molar-refractivity contribution in [3.8, 4) is 0 Å². The van der Waals surface area contributed by atoms with Gasteiger partial charge in [0.05, 0.1) is 5.52 Å². The summed E-state index contributed by atoms with van der Waals surface area (Å²) in [4.78, 5) is 15.2. The number of carbonyl (C=O) groups excluding carboxylic acids is 1. The number of likely N-dealkylation sites (N-methyl/N-ethyl adjacent to an activating group) is 1. The molecule has 3 rings (SSSR count). The minimum atomic E-state index is -0.532. The minimum absolute atomic E-state index is 0.325. The quantitative estimate of drug-likeness (QED) is 0.583. The van der Waals surface area contributed by atoms with Crippen LogP contribution in [0.4, 0.5) is 4.79 Å². The Balaban J connectivity index is 2.07. The van der Waals surface area contributed by atoms with Crippen LogP contribution in [0, 0.1) is 12.8 Å². The van der Waals surface area contributed by atoms with E-state index in [1.165, 1.54) is 0 Å². The van der Waals surface area contributed by atoms with Gasteiger partial charge in [-0.05, 0) is 64.3 Å². The molecule has 5 heteroatoms. The molecule has 0 N–H and O–H groups in total. The Kier molecular flexibility index (Phi) is 5.55. The number of nitrogens with zero attached hydrogens (tertiary/aromatic N) is 2. The number of carbonyl (C=O) groups is 1. The Morgan fingerprint density at radius 3 is 2.63 bits per heavy atom.